The lowest BCUT2D eigenvalue weighted by Crippen LogP contribution is -2.39. The third kappa shape index (κ3) is 6.82. The van der Waals surface area contributed by atoms with E-state index in [2.05, 4.69) is 5.32 Å². The van der Waals surface area contributed by atoms with Gasteiger partial charge in [-0.3, -0.25) is 0 Å². The summed E-state index contributed by atoms with van der Waals surface area (Å²) in [5, 5.41) is 13.2. The van der Waals surface area contributed by atoms with E-state index in [4.69, 9.17) is 4.74 Å². The Balaban J connectivity index is 2.49. The predicted octanol–water partition coefficient (Wildman–Crippen LogP) is 3.27. The summed E-state index contributed by atoms with van der Waals surface area (Å²) in [7, 11) is 0. The van der Waals surface area contributed by atoms with Gasteiger partial charge in [0, 0.05) is 13.1 Å². The minimum atomic E-state index is -4.34. The van der Waals surface area contributed by atoms with E-state index < -0.39 is 18.4 Å². The molecule has 21 heavy (non-hydrogen) atoms. The molecule has 1 aromatic carbocycles. The fraction of sp³-hybridized carbons (Fsp3) is 0.600. The molecule has 1 rings (SSSR count). The first-order valence-electron chi connectivity index (χ1n) is 6.99. The molecule has 0 radical (unpaired) electrons. The molecule has 0 heterocycles. The normalized spacial score (nSPS) is 12.5. The number of benzene rings is 1. The number of hydrogen-bond acceptors (Lipinski definition) is 3. The van der Waals surface area contributed by atoms with Gasteiger partial charge in [-0.05, 0) is 30.5 Å². The van der Waals surface area contributed by atoms with Crippen molar-refractivity contribution in [2.24, 2.45) is 0 Å². The van der Waals surface area contributed by atoms with Gasteiger partial charge in [-0.2, -0.15) is 13.2 Å². The highest BCUT2D eigenvalue weighted by atomic mass is 19.4. The zero-order valence-electron chi connectivity index (χ0n) is 12.3. The third-order valence-corrected chi connectivity index (χ3v) is 3.40. The highest BCUT2D eigenvalue weighted by molar-refractivity contribution is 5.28. The summed E-state index contributed by atoms with van der Waals surface area (Å²) in [5.41, 5.74) is 0.0638. The summed E-state index contributed by atoms with van der Waals surface area (Å²) in [4.78, 5) is 0. The van der Waals surface area contributed by atoms with Gasteiger partial charge in [0.05, 0.1) is 5.60 Å². The van der Waals surface area contributed by atoms with Gasteiger partial charge < -0.3 is 15.2 Å². The Morgan fingerprint density at radius 1 is 1.19 bits per heavy atom. The molecule has 0 amide bonds. The molecule has 0 atom stereocenters. The van der Waals surface area contributed by atoms with Crippen molar-refractivity contribution in [1.29, 1.82) is 0 Å². The molecule has 0 aliphatic heterocycles. The molecule has 0 aliphatic carbocycles. The number of ether oxygens (including phenoxy) is 1. The Kier molecular flexibility index (Phi) is 6.48. The highest BCUT2D eigenvalue weighted by Gasteiger charge is 2.28. The first-order chi connectivity index (χ1) is 9.78. The second kappa shape index (κ2) is 7.66. The van der Waals surface area contributed by atoms with Crippen molar-refractivity contribution in [3.63, 3.8) is 0 Å². The lowest BCUT2D eigenvalue weighted by Gasteiger charge is -2.25. The van der Waals surface area contributed by atoms with Gasteiger partial charge in [0.2, 0.25) is 0 Å². The molecular formula is C15H22F3NO2. The van der Waals surface area contributed by atoms with E-state index in [1.165, 1.54) is 6.07 Å². The van der Waals surface area contributed by atoms with Crippen molar-refractivity contribution in [2.45, 2.75) is 45.0 Å². The van der Waals surface area contributed by atoms with Crippen molar-refractivity contribution >= 4 is 0 Å². The third-order valence-electron chi connectivity index (χ3n) is 3.40. The van der Waals surface area contributed by atoms with E-state index in [9.17, 15) is 18.3 Å². The topological polar surface area (TPSA) is 41.5 Å². The highest BCUT2D eigenvalue weighted by Crippen LogP contribution is 2.19. The minimum Gasteiger partial charge on any atom is -0.484 e. The molecule has 0 bridgehead atoms. The quantitative estimate of drug-likeness (QED) is 0.774. The Labute approximate surface area is 123 Å². The Morgan fingerprint density at radius 2 is 1.86 bits per heavy atom. The zero-order chi connectivity index (χ0) is 15.9. The molecule has 0 saturated heterocycles. The van der Waals surface area contributed by atoms with Crippen molar-refractivity contribution in [3.8, 4) is 5.75 Å². The Bertz CT molecular complexity index is 431. The van der Waals surface area contributed by atoms with Crippen LogP contribution in [0, 0.1) is 0 Å². The van der Waals surface area contributed by atoms with Gasteiger partial charge in [-0.25, -0.2) is 0 Å². The van der Waals surface area contributed by atoms with Gasteiger partial charge in [-0.1, -0.05) is 26.0 Å². The van der Waals surface area contributed by atoms with Crippen LogP contribution < -0.4 is 10.1 Å². The molecule has 1 aromatic rings. The van der Waals surface area contributed by atoms with Crippen LogP contribution in [-0.4, -0.2) is 30.0 Å². The van der Waals surface area contributed by atoms with Crippen LogP contribution in [0.1, 0.15) is 32.3 Å². The fourth-order valence-corrected chi connectivity index (χ4v) is 1.85. The second-order valence-corrected chi connectivity index (χ2v) is 5.09. The van der Waals surface area contributed by atoms with Gasteiger partial charge >= 0.3 is 6.18 Å². The minimum absolute atomic E-state index is 0.188. The van der Waals surface area contributed by atoms with Gasteiger partial charge in [0.15, 0.2) is 6.61 Å². The van der Waals surface area contributed by atoms with Crippen molar-refractivity contribution < 1.29 is 23.0 Å². The number of halogens is 3. The SMILES string of the molecule is CCC(O)(CC)CNCc1cccc(OCC(F)(F)F)c1. The number of hydrogen-bond donors (Lipinski definition) is 2. The number of aliphatic hydroxyl groups is 1. The summed E-state index contributed by atoms with van der Waals surface area (Å²) < 4.78 is 41.0. The summed E-state index contributed by atoms with van der Waals surface area (Å²) in [5.74, 6) is 0.188. The molecular weight excluding hydrogens is 283 g/mol. The van der Waals surface area contributed by atoms with Crippen LogP contribution in [0.4, 0.5) is 13.2 Å². The molecule has 0 aromatic heterocycles. The van der Waals surface area contributed by atoms with Gasteiger partial charge in [0.1, 0.15) is 5.75 Å². The number of rotatable bonds is 8. The molecule has 0 unspecified atom stereocenters. The molecule has 3 nitrogen and oxygen atoms in total. The average molecular weight is 305 g/mol. The van der Waals surface area contributed by atoms with E-state index >= 15 is 0 Å². The molecule has 6 heteroatoms. The molecule has 0 spiro atoms. The Hall–Kier alpha value is -1.27. The fourth-order valence-electron chi connectivity index (χ4n) is 1.85. The first kappa shape index (κ1) is 17.8. The van der Waals surface area contributed by atoms with Gasteiger partial charge in [-0.15, -0.1) is 0 Å². The largest absolute Gasteiger partial charge is 0.484 e. The number of nitrogens with one attached hydrogen (secondary N) is 1. The van der Waals surface area contributed by atoms with Crippen LogP contribution in [-0.2, 0) is 6.54 Å². The van der Waals surface area contributed by atoms with Crippen molar-refractivity contribution in [1.82, 2.24) is 5.32 Å². The van der Waals surface area contributed by atoms with Crippen LogP contribution in [0.15, 0.2) is 24.3 Å². The molecule has 0 fully saturated rings. The molecule has 120 valence electrons. The lowest BCUT2D eigenvalue weighted by molar-refractivity contribution is -0.153. The summed E-state index contributed by atoms with van der Waals surface area (Å²) >= 11 is 0. The van der Waals surface area contributed by atoms with Crippen LogP contribution >= 0.6 is 0 Å². The maximum absolute atomic E-state index is 12.1. The van der Waals surface area contributed by atoms with Crippen molar-refractivity contribution in [2.75, 3.05) is 13.2 Å². The molecule has 0 saturated carbocycles. The Morgan fingerprint density at radius 3 is 2.43 bits per heavy atom. The monoisotopic (exact) mass is 305 g/mol. The van der Waals surface area contributed by atoms with E-state index in [0.717, 1.165) is 5.56 Å². The standard InChI is InChI=1S/C15H22F3NO2/c1-3-14(20,4-2)10-19-9-12-6-5-7-13(8-12)21-11-15(16,17)18/h5-8,19-20H,3-4,9-11H2,1-2H3. The maximum atomic E-state index is 12.1. The first-order valence-corrected chi connectivity index (χ1v) is 6.99. The maximum Gasteiger partial charge on any atom is 0.422 e. The van der Waals surface area contributed by atoms with Crippen LogP contribution in [0.2, 0.25) is 0 Å². The van der Waals surface area contributed by atoms with E-state index in [-0.39, 0.29) is 5.75 Å². The molecule has 0 aliphatic rings. The second-order valence-electron chi connectivity index (χ2n) is 5.09. The van der Waals surface area contributed by atoms with Crippen LogP contribution in [0.3, 0.4) is 0 Å². The average Bonchev–Trinajstić information content (AvgIpc) is 2.45. The number of alkyl halides is 3. The van der Waals surface area contributed by atoms with Crippen molar-refractivity contribution in [3.05, 3.63) is 29.8 Å². The van der Waals surface area contributed by atoms with E-state index in [1.807, 2.05) is 13.8 Å². The van der Waals surface area contributed by atoms with E-state index in [1.54, 1.807) is 18.2 Å². The van der Waals surface area contributed by atoms with Gasteiger partial charge in [0.25, 0.3) is 0 Å². The lowest BCUT2D eigenvalue weighted by atomic mass is 9.97. The smallest absolute Gasteiger partial charge is 0.422 e. The predicted molar refractivity (Wildman–Crippen MR) is 75.2 cm³/mol. The summed E-state index contributed by atoms with van der Waals surface area (Å²) in [6.45, 7) is 3.43. The summed E-state index contributed by atoms with van der Waals surface area (Å²) in [6, 6.07) is 6.50. The molecule has 2 N–H and O–H groups in total. The summed E-state index contributed by atoms with van der Waals surface area (Å²) in [6.07, 6.45) is -3.05. The van der Waals surface area contributed by atoms with E-state index in [0.29, 0.717) is 25.9 Å². The van der Waals surface area contributed by atoms with Crippen LogP contribution in [0.25, 0.3) is 0 Å². The zero-order valence-corrected chi connectivity index (χ0v) is 12.3. The van der Waals surface area contributed by atoms with Crippen LogP contribution in [0.5, 0.6) is 5.75 Å².